The molecule has 1 aromatic heterocycles. The van der Waals surface area contributed by atoms with E-state index in [4.69, 9.17) is 0 Å². The van der Waals surface area contributed by atoms with E-state index in [9.17, 15) is 0 Å². The molecule has 0 fully saturated rings. The normalized spacial score (nSPS) is 9.14. The number of benzene rings is 1. The first-order chi connectivity index (χ1) is 6.45. The molecule has 69 valence electrons. The number of pyridine rings is 1. The summed E-state index contributed by atoms with van der Waals surface area (Å²) in [6.45, 7) is 0. The monoisotopic (exact) mass is 378 g/mol. The van der Waals surface area contributed by atoms with Crippen LogP contribution in [0.4, 0.5) is 0 Å². The molecule has 0 atom stereocenters. The minimum atomic E-state index is 0. The topological polar surface area (TPSA) is 12.9 Å². The fraction of sp³-hybridized carbons (Fsp3) is 0.0833. The van der Waals surface area contributed by atoms with E-state index in [-0.39, 0.29) is 26.2 Å². The maximum absolute atomic E-state index is 4.27. The minimum Gasteiger partial charge on any atom is -0.261 e. The molecule has 1 heterocycles. The van der Waals surface area contributed by atoms with Crippen molar-refractivity contribution in [2.24, 2.45) is 0 Å². The largest absolute Gasteiger partial charge is 0.261 e. The Morgan fingerprint density at radius 1 is 0.857 bits per heavy atom. The molecule has 0 N–H and O–H groups in total. The van der Waals surface area contributed by atoms with Gasteiger partial charge in [0.15, 0.2) is 0 Å². The van der Waals surface area contributed by atoms with Crippen molar-refractivity contribution in [3.8, 4) is 0 Å². The van der Waals surface area contributed by atoms with Crippen molar-refractivity contribution in [3.05, 3.63) is 66.0 Å². The Kier molecular flexibility index (Phi) is 4.75. The molecule has 0 saturated heterocycles. The van der Waals surface area contributed by atoms with E-state index >= 15 is 0 Å². The third kappa shape index (κ3) is 3.19. The Morgan fingerprint density at radius 3 is 2.21 bits per heavy atom. The second-order valence-corrected chi connectivity index (χ2v) is 2.98. The summed E-state index contributed by atoms with van der Waals surface area (Å²) < 4.78 is 0. The van der Waals surface area contributed by atoms with Crippen molar-refractivity contribution in [2.75, 3.05) is 0 Å². The molecule has 2 aromatic rings. The zero-order valence-electron chi connectivity index (χ0n) is 7.80. The van der Waals surface area contributed by atoms with Gasteiger partial charge in [-0.05, 0) is 17.7 Å². The van der Waals surface area contributed by atoms with Gasteiger partial charge in [0.05, 0.1) is 0 Å². The van der Waals surface area contributed by atoms with Gasteiger partial charge in [0, 0.05) is 44.5 Å². The van der Waals surface area contributed by atoms with Crippen LogP contribution in [0.25, 0.3) is 0 Å². The molecule has 0 aliphatic rings. The summed E-state index contributed by atoms with van der Waals surface area (Å²) in [6.07, 6.45) is 2.75. The fourth-order valence-electron chi connectivity index (χ4n) is 1.31. The molecule has 2 rings (SSSR count). The Bertz CT molecular complexity index is 321. The van der Waals surface area contributed by atoms with Gasteiger partial charge >= 0.3 is 0 Å². The first kappa shape index (κ1) is 11.3. The molecule has 0 bridgehead atoms. The van der Waals surface area contributed by atoms with Crippen molar-refractivity contribution >= 4 is 26.2 Å². The van der Waals surface area contributed by atoms with Gasteiger partial charge in [-0.15, -0.1) is 0 Å². The molecule has 0 amide bonds. The number of rotatable bonds is 2. The molecule has 0 aliphatic carbocycles. The van der Waals surface area contributed by atoms with Gasteiger partial charge in [-0.2, -0.15) is 0 Å². The van der Waals surface area contributed by atoms with E-state index in [0.29, 0.717) is 0 Å². The number of nitrogens with zero attached hydrogens (tertiary/aromatic N) is 1. The first-order valence-corrected chi connectivity index (χ1v) is 4.39. The summed E-state index contributed by atoms with van der Waals surface area (Å²) in [5, 5.41) is 0. The van der Waals surface area contributed by atoms with Gasteiger partial charge in [0.2, 0.25) is 0 Å². The van der Waals surface area contributed by atoms with E-state index in [0.717, 1.165) is 12.1 Å². The van der Waals surface area contributed by atoms with Crippen LogP contribution < -0.4 is 0 Å². The molecular formula is C12H11BiN. The van der Waals surface area contributed by atoms with Gasteiger partial charge < -0.3 is 0 Å². The zero-order chi connectivity index (χ0) is 8.93. The molecule has 2 heteroatoms. The molecule has 0 unspecified atom stereocenters. The van der Waals surface area contributed by atoms with Crippen LogP contribution in [0.15, 0.2) is 54.7 Å². The van der Waals surface area contributed by atoms with Crippen molar-refractivity contribution < 1.29 is 0 Å². The second-order valence-electron chi connectivity index (χ2n) is 2.98. The van der Waals surface area contributed by atoms with E-state index < -0.39 is 0 Å². The van der Waals surface area contributed by atoms with E-state index in [1.165, 1.54) is 5.56 Å². The van der Waals surface area contributed by atoms with Crippen LogP contribution in [-0.4, -0.2) is 31.2 Å². The first-order valence-electron chi connectivity index (χ1n) is 4.39. The van der Waals surface area contributed by atoms with Crippen molar-refractivity contribution in [2.45, 2.75) is 6.42 Å². The second kappa shape index (κ2) is 5.87. The van der Waals surface area contributed by atoms with Crippen molar-refractivity contribution in [1.29, 1.82) is 0 Å². The maximum Gasteiger partial charge on any atom is 0.0447 e. The molecular weight excluding hydrogens is 367 g/mol. The van der Waals surface area contributed by atoms with Gasteiger partial charge in [0.25, 0.3) is 0 Å². The summed E-state index contributed by atoms with van der Waals surface area (Å²) in [5.74, 6) is 0. The Morgan fingerprint density at radius 2 is 1.57 bits per heavy atom. The summed E-state index contributed by atoms with van der Waals surface area (Å²) in [4.78, 5) is 4.27. The van der Waals surface area contributed by atoms with E-state index in [2.05, 4.69) is 29.2 Å². The quantitative estimate of drug-likeness (QED) is 0.731. The van der Waals surface area contributed by atoms with Gasteiger partial charge in [-0.3, -0.25) is 4.98 Å². The van der Waals surface area contributed by atoms with Gasteiger partial charge in [-0.25, -0.2) is 0 Å². The number of aromatic nitrogens is 1. The molecule has 0 saturated carbocycles. The molecule has 14 heavy (non-hydrogen) atoms. The summed E-state index contributed by atoms with van der Waals surface area (Å²) in [5.41, 5.74) is 2.43. The van der Waals surface area contributed by atoms with Crippen LogP contribution in [0.1, 0.15) is 11.3 Å². The third-order valence-electron chi connectivity index (χ3n) is 1.95. The fourth-order valence-corrected chi connectivity index (χ4v) is 1.31. The Hall–Kier alpha value is -0.747. The smallest absolute Gasteiger partial charge is 0.0447 e. The van der Waals surface area contributed by atoms with E-state index in [1.807, 2.05) is 30.5 Å². The SMILES string of the molecule is [Bi].c1ccc(Cc2ccccn2)cc1. The van der Waals surface area contributed by atoms with Crippen molar-refractivity contribution in [3.63, 3.8) is 0 Å². The number of hydrogen-bond donors (Lipinski definition) is 0. The van der Waals surface area contributed by atoms with Gasteiger partial charge in [0.1, 0.15) is 0 Å². The minimum absolute atomic E-state index is 0. The zero-order valence-corrected chi connectivity index (χ0v) is 11.3. The number of hydrogen-bond acceptors (Lipinski definition) is 1. The van der Waals surface area contributed by atoms with Crippen LogP contribution >= 0.6 is 0 Å². The Labute approximate surface area is 103 Å². The molecule has 0 aliphatic heterocycles. The summed E-state index contributed by atoms with van der Waals surface area (Å²) >= 11 is 0. The predicted molar refractivity (Wildman–Crippen MR) is 59.2 cm³/mol. The predicted octanol–water partition coefficient (Wildman–Crippen LogP) is 2.29. The van der Waals surface area contributed by atoms with Crippen LogP contribution in [0.3, 0.4) is 0 Å². The average molecular weight is 378 g/mol. The van der Waals surface area contributed by atoms with Crippen LogP contribution in [-0.2, 0) is 6.42 Å². The Balaban J connectivity index is 0.000000980. The van der Waals surface area contributed by atoms with E-state index in [1.54, 1.807) is 0 Å². The molecule has 3 radical (unpaired) electrons. The van der Waals surface area contributed by atoms with Gasteiger partial charge in [-0.1, -0.05) is 36.4 Å². The van der Waals surface area contributed by atoms with Crippen molar-refractivity contribution in [1.82, 2.24) is 4.98 Å². The molecule has 0 spiro atoms. The molecule has 1 aromatic carbocycles. The summed E-state index contributed by atoms with van der Waals surface area (Å²) in [7, 11) is 0. The van der Waals surface area contributed by atoms with Crippen LogP contribution in [0.2, 0.25) is 0 Å². The summed E-state index contributed by atoms with van der Waals surface area (Å²) in [6, 6.07) is 16.4. The maximum atomic E-state index is 4.27. The molecule has 1 nitrogen and oxygen atoms in total. The third-order valence-corrected chi connectivity index (χ3v) is 1.95. The average Bonchev–Trinajstić information content (AvgIpc) is 2.21. The van der Waals surface area contributed by atoms with Crippen LogP contribution in [0.5, 0.6) is 0 Å². The van der Waals surface area contributed by atoms with Crippen LogP contribution in [0, 0.1) is 0 Å². The standard InChI is InChI=1S/C12H11N.Bi/c1-2-6-11(7-3-1)10-12-8-4-5-9-13-12;/h1-9H,10H2;.